The van der Waals surface area contributed by atoms with Gasteiger partial charge >= 0.3 is 12.1 Å². The number of carbonyl (C=O) groups is 2. The summed E-state index contributed by atoms with van der Waals surface area (Å²) in [6, 6.07) is -0.299. The van der Waals surface area contributed by atoms with Gasteiger partial charge in [0.05, 0.1) is 5.01 Å². The minimum atomic E-state index is -0.889. The summed E-state index contributed by atoms with van der Waals surface area (Å²) in [4.78, 5) is 26.6. The van der Waals surface area contributed by atoms with Crippen LogP contribution in [0.2, 0.25) is 0 Å². The Morgan fingerprint density at radius 1 is 1.50 bits per heavy atom. The Bertz CT molecular complexity index is 440. The van der Waals surface area contributed by atoms with Crippen LogP contribution in [0.1, 0.15) is 38.6 Å². The van der Waals surface area contributed by atoms with Crippen LogP contribution in [-0.2, 0) is 16.0 Å². The van der Waals surface area contributed by atoms with Crippen molar-refractivity contribution in [2.75, 3.05) is 0 Å². The first-order valence-corrected chi connectivity index (χ1v) is 7.24. The van der Waals surface area contributed by atoms with Gasteiger partial charge in [-0.05, 0) is 27.2 Å². The number of aromatic nitrogens is 1. The Balaban J connectivity index is 2.57. The van der Waals surface area contributed by atoms with Crippen LogP contribution in [0.3, 0.4) is 0 Å². The van der Waals surface area contributed by atoms with E-state index in [1.165, 1.54) is 11.3 Å². The normalized spacial score (nSPS) is 12.8. The number of carbonyl (C=O) groups excluding carboxylic acids is 1. The van der Waals surface area contributed by atoms with Gasteiger partial charge in [0.15, 0.2) is 0 Å². The lowest BCUT2D eigenvalue weighted by Crippen LogP contribution is -2.40. The van der Waals surface area contributed by atoms with Crippen LogP contribution >= 0.6 is 11.3 Å². The summed E-state index contributed by atoms with van der Waals surface area (Å²) in [6.07, 6.45) is 1.98. The summed E-state index contributed by atoms with van der Waals surface area (Å²) < 4.78 is 5.18. The molecule has 1 atom stereocenters. The van der Waals surface area contributed by atoms with E-state index in [-0.39, 0.29) is 12.5 Å². The average Bonchev–Trinajstić information content (AvgIpc) is 2.75. The average molecular weight is 300 g/mol. The molecule has 1 rings (SSSR count). The third kappa shape index (κ3) is 7.08. The molecule has 0 aromatic carbocycles. The minimum Gasteiger partial charge on any atom is -0.481 e. The number of hydrogen-bond donors (Lipinski definition) is 2. The van der Waals surface area contributed by atoms with Crippen molar-refractivity contribution in [2.24, 2.45) is 0 Å². The van der Waals surface area contributed by atoms with Crippen molar-refractivity contribution in [2.45, 2.75) is 51.7 Å². The van der Waals surface area contributed by atoms with E-state index in [0.717, 1.165) is 5.01 Å². The molecule has 0 saturated heterocycles. The molecule has 7 heteroatoms. The highest BCUT2D eigenvalue weighted by Gasteiger charge is 2.20. The highest BCUT2D eigenvalue weighted by molar-refractivity contribution is 7.09. The van der Waals surface area contributed by atoms with E-state index < -0.39 is 17.7 Å². The molecule has 0 saturated carbocycles. The molecule has 0 aliphatic carbocycles. The van der Waals surface area contributed by atoms with E-state index in [4.69, 9.17) is 9.84 Å². The summed E-state index contributed by atoms with van der Waals surface area (Å²) >= 11 is 1.48. The zero-order valence-electron chi connectivity index (χ0n) is 11.9. The van der Waals surface area contributed by atoms with Gasteiger partial charge in [0.25, 0.3) is 0 Å². The number of alkyl carbamates (subject to hydrolysis) is 1. The van der Waals surface area contributed by atoms with Crippen LogP contribution in [0.5, 0.6) is 0 Å². The number of nitrogens with one attached hydrogen (secondary N) is 1. The van der Waals surface area contributed by atoms with Gasteiger partial charge in [-0.15, -0.1) is 11.3 Å². The molecular weight excluding hydrogens is 280 g/mol. The first kappa shape index (κ1) is 16.4. The maximum absolute atomic E-state index is 11.7. The lowest BCUT2D eigenvalue weighted by Gasteiger charge is -2.23. The molecular formula is C13H20N2O4S. The van der Waals surface area contributed by atoms with Crippen LogP contribution in [0.15, 0.2) is 11.6 Å². The number of aliphatic carboxylic acids is 1. The quantitative estimate of drug-likeness (QED) is 0.842. The first-order chi connectivity index (χ1) is 9.26. The fourth-order valence-corrected chi connectivity index (χ4v) is 2.26. The Kier molecular flexibility index (Phi) is 5.94. The molecule has 112 valence electrons. The van der Waals surface area contributed by atoms with Gasteiger partial charge < -0.3 is 15.2 Å². The summed E-state index contributed by atoms with van der Waals surface area (Å²) in [5.41, 5.74) is -0.581. The van der Waals surface area contributed by atoms with Crippen LogP contribution in [0.4, 0.5) is 4.79 Å². The number of nitrogens with zero attached hydrogens (tertiary/aromatic N) is 1. The Hall–Kier alpha value is -1.63. The monoisotopic (exact) mass is 300 g/mol. The third-order valence-corrected chi connectivity index (χ3v) is 3.13. The topological polar surface area (TPSA) is 88.5 Å². The van der Waals surface area contributed by atoms with Crippen LogP contribution in [-0.4, -0.2) is 33.8 Å². The molecule has 1 aromatic heterocycles. The molecule has 0 radical (unpaired) electrons. The van der Waals surface area contributed by atoms with E-state index in [1.807, 2.05) is 5.38 Å². The largest absolute Gasteiger partial charge is 0.481 e. The van der Waals surface area contributed by atoms with E-state index >= 15 is 0 Å². The van der Waals surface area contributed by atoms with E-state index in [2.05, 4.69) is 10.3 Å². The van der Waals surface area contributed by atoms with E-state index in [9.17, 15) is 9.59 Å². The van der Waals surface area contributed by atoms with Gasteiger partial charge in [-0.25, -0.2) is 9.78 Å². The molecule has 0 aliphatic heterocycles. The molecule has 1 amide bonds. The highest BCUT2D eigenvalue weighted by Crippen LogP contribution is 2.12. The van der Waals surface area contributed by atoms with Crippen molar-refractivity contribution in [3.05, 3.63) is 16.6 Å². The van der Waals surface area contributed by atoms with Crippen molar-refractivity contribution < 1.29 is 19.4 Å². The second-order valence-electron chi connectivity index (χ2n) is 5.41. The summed E-state index contributed by atoms with van der Waals surface area (Å²) in [7, 11) is 0. The molecule has 6 nitrogen and oxygen atoms in total. The molecule has 2 N–H and O–H groups in total. The molecule has 0 spiro atoms. The number of ether oxygens (including phenoxy) is 1. The van der Waals surface area contributed by atoms with Crippen molar-refractivity contribution in [1.29, 1.82) is 0 Å². The lowest BCUT2D eigenvalue weighted by atomic mass is 10.1. The number of thiazole rings is 1. The fourth-order valence-electron chi connectivity index (χ4n) is 1.56. The maximum Gasteiger partial charge on any atom is 0.407 e. The smallest absolute Gasteiger partial charge is 0.407 e. The molecule has 1 aromatic rings. The lowest BCUT2D eigenvalue weighted by molar-refractivity contribution is -0.137. The predicted molar refractivity (Wildman–Crippen MR) is 75.8 cm³/mol. The van der Waals surface area contributed by atoms with Crippen molar-refractivity contribution in [3.8, 4) is 0 Å². The molecule has 1 heterocycles. The number of hydrogen-bond acceptors (Lipinski definition) is 5. The van der Waals surface area contributed by atoms with E-state index in [0.29, 0.717) is 12.8 Å². The van der Waals surface area contributed by atoms with Gasteiger partial charge in [-0.1, -0.05) is 0 Å². The van der Waals surface area contributed by atoms with Gasteiger partial charge in [0.2, 0.25) is 0 Å². The Labute approximate surface area is 122 Å². The third-order valence-electron chi connectivity index (χ3n) is 2.33. The predicted octanol–water partition coefficient (Wildman–Crippen LogP) is 2.44. The molecule has 0 fully saturated rings. The number of amides is 1. The van der Waals surface area contributed by atoms with Crippen molar-refractivity contribution in [3.63, 3.8) is 0 Å². The summed E-state index contributed by atoms with van der Waals surface area (Å²) in [6.45, 7) is 5.33. The zero-order valence-corrected chi connectivity index (χ0v) is 12.7. The standard InChI is InChI=1S/C13H20N2O4S/c1-13(2,3)19-12(18)15-9(4-5-11(16)17)8-10-14-6-7-20-10/h6-7,9H,4-5,8H2,1-3H3,(H,15,18)(H,16,17). The zero-order chi connectivity index (χ0) is 15.2. The first-order valence-electron chi connectivity index (χ1n) is 6.36. The van der Waals surface area contributed by atoms with Gasteiger partial charge in [-0.3, -0.25) is 4.79 Å². The van der Waals surface area contributed by atoms with Crippen molar-refractivity contribution in [1.82, 2.24) is 10.3 Å². The number of carboxylic acid groups (broad SMARTS) is 1. The van der Waals surface area contributed by atoms with Gasteiger partial charge in [0, 0.05) is 30.5 Å². The Morgan fingerprint density at radius 3 is 2.70 bits per heavy atom. The fraction of sp³-hybridized carbons (Fsp3) is 0.615. The second kappa shape index (κ2) is 7.23. The summed E-state index contributed by atoms with van der Waals surface area (Å²) in [5.74, 6) is -0.889. The number of carboxylic acids is 1. The molecule has 20 heavy (non-hydrogen) atoms. The van der Waals surface area contributed by atoms with Gasteiger partial charge in [-0.2, -0.15) is 0 Å². The molecule has 0 bridgehead atoms. The maximum atomic E-state index is 11.7. The summed E-state index contributed by atoms with van der Waals surface area (Å²) in [5, 5.41) is 14.2. The molecule has 1 unspecified atom stereocenters. The van der Waals surface area contributed by atoms with Crippen LogP contribution < -0.4 is 5.32 Å². The SMILES string of the molecule is CC(C)(C)OC(=O)NC(CCC(=O)O)Cc1nccs1. The molecule has 0 aliphatic rings. The highest BCUT2D eigenvalue weighted by atomic mass is 32.1. The number of rotatable bonds is 6. The Morgan fingerprint density at radius 2 is 2.20 bits per heavy atom. The van der Waals surface area contributed by atoms with E-state index in [1.54, 1.807) is 27.0 Å². The van der Waals surface area contributed by atoms with Gasteiger partial charge in [0.1, 0.15) is 5.60 Å². The van der Waals surface area contributed by atoms with Crippen molar-refractivity contribution >= 4 is 23.4 Å². The minimum absolute atomic E-state index is 0.00810. The second-order valence-corrected chi connectivity index (χ2v) is 6.38. The van der Waals surface area contributed by atoms with Crippen LogP contribution in [0, 0.1) is 0 Å². The van der Waals surface area contributed by atoms with Crippen LogP contribution in [0.25, 0.3) is 0 Å².